The molecule has 0 heterocycles. The van der Waals surface area contributed by atoms with Gasteiger partial charge in [-0.15, -0.1) is 0 Å². The van der Waals surface area contributed by atoms with Crippen molar-refractivity contribution in [2.24, 2.45) is 17.3 Å². The van der Waals surface area contributed by atoms with Crippen LogP contribution in [0.1, 0.15) is 33.6 Å². The van der Waals surface area contributed by atoms with Crippen LogP contribution in [-0.2, 0) is 14.3 Å². The molecule has 2 aliphatic carbocycles. The van der Waals surface area contributed by atoms with Gasteiger partial charge in [-0.1, -0.05) is 62.4 Å². The fraction of sp³-hybridized carbons (Fsp3) is 0.391. The first kappa shape index (κ1) is 23.1. The topological polar surface area (TPSA) is 59.3 Å². The molecule has 1 saturated carbocycles. The number of carbonyl (C=O) groups excluding carboxylic acids is 1. The van der Waals surface area contributed by atoms with Crippen LogP contribution in [0.2, 0.25) is 0 Å². The van der Waals surface area contributed by atoms with E-state index in [2.05, 4.69) is 13.2 Å². The number of carbonyl (C=O) groups is 1. The molecule has 154 valence electrons. The largest absolute Gasteiger partial charge is 0.458 e. The predicted octanol–water partition coefficient (Wildman–Crippen LogP) is 6.28. The van der Waals surface area contributed by atoms with Crippen molar-refractivity contribution in [2.45, 2.75) is 39.7 Å². The summed E-state index contributed by atoms with van der Waals surface area (Å²) in [6.45, 7) is 13.2. The van der Waals surface area contributed by atoms with Crippen molar-refractivity contribution in [1.82, 2.24) is 0 Å². The van der Waals surface area contributed by atoms with Gasteiger partial charge in [0.05, 0.1) is 5.92 Å². The Labute approximate surface area is 182 Å². The summed E-state index contributed by atoms with van der Waals surface area (Å²) in [5.41, 5.74) is 0.786. The Hall–Kier alpha value is -2.22. The normalized spacial score (nSPS) is 23.2. The van der Waals surface area contributed by atoms with Gasteiger partial charge < -0.3 is 9.47 Å². The van der Waals surface area contributed by atoms with Crippen LogP contribution in [0, 0.1) is 28.6 Å². The van der Waals surface area contributed by atoms with Gasteiger partial charge >= 0.3 is 5.97 Å². The lowest BCUT2D eigenvalue weighted by Crippen LogP contribution is -2.21. The number of rotatable bonds is 8. The van der Waals surface area contributed by atoms with E-state index < -0.39 is 18.0 Å². The number of hydrogen-bond donors (Lipinski definition) is 0. The summed E-state index contributed by atoms with van der Waals surface area (Å²) >= 11 is 11.8. The second kappa shape index (κ2) is 9.52. The van der Waals surface area contributed by atoms with E-state index in [1.165, 1.54) is 6.08 Å². The van der Waals surface area contributed by atoms with Gasteiger partial charge in [0.1, 0.15) is 22.1 Å². The molecule has 0 radical (unpaired) electrons. The van der Waals surface area contributed by atoms with Crippen LogP contribution >= 0.6 is 23.2 Å². The molecule has 4 nitrogen and oxygen atoms in total. The summed E-state index contributed by atoms with van der Waals surface area (Å²) < 4.78 is 11.3. The predicted molar refractivity (Wildman–Crippen MR) is 116 cm³/mol. The minimum Gasteiger partial charge on any atom is -0.458 e. The lowest BCUT2D eigenvalue weighted by Gasteiger charge is -2.14. The van der Waals surface area contributed by atoms with Gasteiger partial charge in [0.25, 0.3) is 0 Å². The third kappa shape index (κ3) is 5.44. The molecular weight excluding hydrogens is 409 g/mol. The van der Waals surface area contributed by atoms with E-state index in [9.17, 15) is 10.1 Å². The van der Waals surface area contributed by atoms with Gasteiger partial charge in [0.2, 0.25) is 6.10 Å². The lowest BCUT2D eigenvalue weighted by molar-refractivity contribution is -0.147. The average molecular weight is 434 g/mol. The second-order valence-electron chi connectivity index (χ2n) is 7.67. The molecule has 3 atom stereocenters. The smallest absolute Gasteiger partial charge is 0.311 e. The monoisotopic (exact) mass is 433 g/mol. The number of allylic oxidation sites excluding steroid dienone is 5. The molecule has 29 heavy (non-hydrogen) atoms. The van der Waals surface area contributed by atoms with Crippen LogP contribution in [-0.4, -0.2) is 12.1 Å². The summed E-state index contributed by atoms with van der Waals surface area (Å²) in [6.07, 6.45) is 9.59. The molecule has 6 heteroatoms. The van der Waals surface area contributed by atoms with Crippen molar-refractivity contribution in [2.75, 3.05) is 0 Å². The maximum atomic E-state index is 12.7. The molecule has 0 aromatic rings. The lowest BCUT2D eigenvalue weighted by atomic mass is 10.1. The molecule has 0 bridgehead atoms. The number of nitrogens with zero attached hydrogens (tertiary/aromatic N) is 1. The number of ether oxygens (including phenoxy) is 2. The third-order valence-electron chi connectivity index (χ3n) is 5.27. The molecule has 2 aliphatic rings. The van der Waals surface area contributed by atoms with Gasteiger partial charge in [-0.2, -0.15) is 5.26 Å². The van der Waals surface area contributed by atoms with Gasteiger partial charge in [-0.3, -0.25) is 4.79 Å². The molecule has 0 aliphatic heterocycles. The summed E-state index contributed by atoms with van der Waals surface area (Å²) in [5.74, 6) is -0.00839. The first-order valence-corrected chi connectivity index (χ1v) is 10.1. The quantitative estimate of drug-likeness (QED) is 0.256. The van der Waals surface area contributed by atoms with Crippen LogP contribution in [0.25, 0.3) is 0 Å². The molecule has 0 spiro atoms. The molecule has 2 rings (SSSR count). The molecule has 0 unspecified atom stereocenters. The van der Waals surface area contributed by atoms with Gasteiger partial charge in [-0.05, 0) is 49.0 Å². The number of esters is 1. The highest BCUT2D eigenvalue weighted by molar-refractivity contribution is 6.56. The molecular formula is C23H25Cl2NO3. The van der Waals surface area contributed by atoms with Crippen LogP contribution in [0.15, 0.2) is 70.7 Å². The van der Waals surface area contributed by atoms with Crippen molar-refractivity contribution in [3.63, 3.8) is 0 Å². The zero-order valence-electron chi connectivity index (χ0n) is 16.9. The van der Waals surface area contributed by atoms with Crippen LogP contribution in [0.3, 0.4) is 0 Å². The summed E-state index contributed by atoms with van der Waals surface area (Å²) in [5, 5.41) is 9.55. The van der Waals surface area contributed by atoms with Crippen molar-refractivity contribution in [3.8, 4) is 6.07 Å². The molecule has 0 amide bonds. The Bertz CT molecular complexity index is 867. The highest BCUT2D eigenvalue weighted by Crippen LogP contribution is 2.63. The number of halogens is 2. The van der Waals surface area contributed by atoms with Gasteiger partial charge in [0.15, 0.2) is 0 Å². The van der Waals surface area contributed by atoms with Gasteiger partial charge in [-0.25, -0.2) is 0 Å². The Balaban J connectivity index is 2.10. The van der Waals surface area contributed by atoms with E-state index in [4.69, 9.17) is 32.7 Å². The van der Waals surface area contributed by atoms with E-state index in [-0.39, 0.29) is 15.8 Å². The fourth-order valence-electron chi connectivity index (χ4n) is 3.64. The van der Waals surface area contributed by atoms with Crippen molar-refractivity contribution in [3.05, 3.63) is 70.7 Å². The zero-order valence-corrected chi connectivity index (χ0v) is 18.4. The van der Waals surface area contributed by atoms with E-state index >= 15 is 0 Å². The van der Waals surface area contributed by atoms with Crippen LogP contribution in [0.4, 0.5) is 0 Å². The molecule has 1 fully saturated rings. The maximum absolute atomic E-state index is 12.7. The first-order valence-electron chi connectivity index (χ1n) is 9.32. The fourth-order valence-corrected chi connectivity index (χ4v) is 3.87. The third-order valence-corrected chi connectivity index (χ3v) is 5.87. The first-order chi connectivity index (χ1) is 13.6. The van der Waals surface area contributed by atoms with E-state index in [1.807, 2.05) is 38.1 Å². The molecule has 0 N–H and O–H groups in total. The maximum Gasteiger partial charge on any atom is 0.311 e. The highest BCUT2D eigenvalue weighted by atomic mass is 35.5. The second-order valence-corrected chi connectivity index (χ2v) is 8.62. The SMILES string of the molecule is C=C/C(=C\C(=C)OC1=CCCC=C1)[C@H](C#N)OC(=O)[C@H]1[C@@H](C(C)=C(Cl)Cl)C1(C)C. The molecule has 0 aromatic carbocycles. The van der Waals surface area contributed by atoms with Crippen molar-refractivity contribution in [1.29, 1.82) is 5.26 Å². The summed E-state index contributed by atoms with van der Waals surface area (Å²) in [7, 11) is 0. The zero-order chi connectivity index (χ0) is 21.8. The Kier molecular flexibility index (Phi) is 7.57. The van der Waals surface area contributed by atoms with E-state index in [0.29, 0.717) is 17.1 Å². The number of hydrogen-bond acceptors (Lipinski definition) is 4. The minimum atomic E-state index is -1.12. The van der Waals surface area contributed by atoms with E-state index in [1.54, 1.807) is 13.0 Å². The van der Waals surface area contributed by atoms with Crippen LogP contribution in [0.5, 0.6) is 0 Å². The van der Waals surface area contributed by atoms with Crippen molar-refractivity contribution >= 4 is 29.2 Å². The minimum absolute atomic E-state index is 0.126. The number of nitriles is 1. The summed E-state index contributed by atoms with van der Waals surface area (Å²) in [6, 6.07) is 2.00. The summed E-state index contributed by atoms with van der Waals surface area (Å²) in [4.78, 5) is 12.7. The molecule has 0 saturated heterocycles. The Morgan fingerprint density at radius 2 is 2.07 bits per heavy atom. The Morgan fingerprint density at radius 1 is 1.38 bits per heavy atom. The standard InChI is InChI=1S/C23H25Cl2NO3/c1-6-16(12-14(2)28-17-10-8-7-9-11-17)18(13-26)29-22(27)20-19(23(20,4)5)15(3)21(24)25/h6,8,10-12,18-20H,1-2,7,9H2,3-5H3/b16-12+/t18-,19+,20+/m0/s1. The van der Waals surface area contributed by atoms with Crippen LogP contribution < -0.4 is 0 Å². The highest BCUT2D eigenvalue weighted by Gasteiger charge is 2.63. The average Bonchev–Trinajstić information content (AvgIpc) is 3.26. The van der Waals surface area contributed by atoms with E-state index in [0.717, 1.165) is 18.4 Å². The molecule has 0 aromatic heterocycles. The van der Waals surface area contributed by atoms with Crippen molar-refractivity contribution < 1.29 is 14.3 Å². The Morgan fingerprint density at radius 3 is 2.59 bits per heavy atom. The van der Waals surface area contributed by atoms with Gasteiger partial charge in [0, 0.05) is 11.5 Å².